The van der Waals surface area contributed by atoms with E-state index in [0.717, 1.165) is 70.9 Å². The third-order valence-electron chi connectivity index (χ3n) is 8.62. The lowest BCUT2D eigenvalue weighted by Crippen LogP contribution is -2.64. The average molecular weight is 404 g/mol. The Hall–Kier alpha value is -1.14. The third-order valence-corrected chi connectivity index (χ3v) is 8.62. The van der Waals surface area contributed by atoms with Gasteiger partial charge in [-0.25, -0.2) is 0 Å². The summed E-state index contributed by atoms with van der Waals surface area (Å²) < 4.78 is 0. The van der Waals surface area contributed by atoms with Crippen molar-refractivity contribution >= 4 is 11.8 Å². The van der Waals surface area contributed by atoms with E-state index >= 15 is 0 Å². The Kier molecular flexibility index (Phi) is 4.74. The first-order valence-corrected chi connectivity index (χ1v) is 11.9. The molecule has 5 saturated carbocycles. The van der Waals surface area contributed by atoms with Crippen molar-refractivity contribution < 1.29 is 14.7 Å². The van der Waals surface area contributed by atoms with Gasteiger partial charge in [0.1, 0.15) is 0 Å². The van der Waals surface area contributed by atoms with E-state index < -0.39 is 5.60 Å². The normalized spacial score (nSPS) is 42.1. The minimum absolute atomic E-state index is 0.140. The van der Waals surface area contributed by atoms with Gasteiger partial charge >= 0.3 is 0 Å². The van der Waals surface area contributed by atoms with E-state index in [9.17, 15) is 14.7 Å². The number of aliphatic hydroxyl groups is 1. The molecule has 6 heteroatoms. The van der Waals surface area contributed by atoms with Gasteiger partial charge in [0.05, 0.1) is 17.6 Å². The molecule has 4 unspecified atom stereocenters. The molecule has 0 radical (unpaired) electrons. The van der Waals surface area contributed by atoms with E-state index in [1.165, 1.54) is 6.42 Å². The van der Waals surface area contributed by atoms with Gasteiger partial charge in [-0.1, -0.05) is 13.3 Å². The van der Waals surface area contributed by atoms with E-state index in [2.05, 4.69) is 22.5 Å². The van der Waals surface area contributed by atoms with Gasteiger partial charge in [0.2, 0.25) is 11.8 Å². The maximum Gasteiger partial charge on any atom is 0.234 e. The van der Waals surface area contributed by atoms with Crippen LogP contribution in [0.2, 0.25) is 0 Å². The van der Waals surface area contributed by atoms with Gasteiger partial charge in [-0.15, -0.1) is 0 Å². The van der Waals surface area contributed by atoms with E-state index in [1.54, 1.807) is 0 Å². The Morgan fingerprint density at radius 2 is 1.69 bits per heavy atom. The molecule has 0 aromatic carbocycles. The highest BCUT2D eigenvalue weighted by Gasteiger charge is 2.64. The number of nitrogens with one attached hydrogen (secondary N) is 2. The Morgan fingerprint density at radius 3 is 2.34 bits per heavy atom. The number of nitrogens with zero attached hydrogens (tertiary/aromatic N) is 1. The van der Waals surface area contributed by atoms with Crippen molar-refractivity contribution in [3.05, 3.63) is 0 Å². The summed E-state index contributed by atoms with van der Waals surface area (Å²) in [7, 11) is 0. The number of carbonyl (C=O) groups excluding carboxylic acids is 2. The van der Waals surface area contributed by atoms with Gasteiger partial charge in [-0.05, 0) is 75.5 Å². The summed E-state index contributed by atoms with van der Waals surface area (Å²) in [4.78, 5) is 27.7. The molecule has 3 N–H and O–H groups in total. The zero-order valence-electron chi connectivity index (χ0n) is 17.8. The molecule has 0 aromatic heterocycles. The zero-order chi connectivity index (χ0) is 20.3. The molecule has 5 aliphatic carbocycles. The smallest absolute Gasteiger partial charge is 0.234 e. The molecule has 1 heterocycles. The molecule has 29 heavy (non-hydrogen) atoms. The highest BCUT2D eigenvalue weighted by Crippen LogP contribution is 2.67. The molecule has 1 aliphatic heterocycles. The van der Waals surface area contributed by atoms with Crippen LogP contribution < -0.4 is 10.6 Å². The SMILES string of the molecule is CCC12CC3CC(O)(C1)CC(C(=O)NC1CCN(CC(=O)NC4CC4)CC1)(C3)C2. The fraction of sp³-hybridized carbons (Fsp3) is 0.913. The van der Waals surface area contributed by atoms with Crippen molar-refractivity contribution in [2.24, 2.45) is 16.7 Å². The molecule has 6 nitrogen and oxygen atoms in total. The number of rotatable bonds is 6. The van der Waals surface area contributed by atoms with Crippen LogP contribution in [0, 0.1) is 16.7 Å². The molecule has 6 fully saturated rings. The topological polar surface area (TPSA) is 81.7 Å². The summed E-state index contributed by atoms with van der Waals surface area (Å²) in [5.41, 5.74) is -0.805. The second-order valence-corrected chi connectivity index (χ2v) is 11.2. The summed E-state index contributed by atoms with van der Waals surface area (Å²) in [6.07, 6.45) is 10.7. The quantitative estimate of drug-likeness (QED) is 0.633. The van der Waals surface area contributed by atoms with Crippen LogP contribution in [0.1, 0.15) is 77.6 Å². The van der Waals surface area contributed by atoms with E-state index in [0.29, 0.717) is 24.9 Å². The van der Waals surface area contributed by atoms with Gasteiger partial charge < -0.3 is 15.7 Å². The predicted molar refractivity (Wildman–Crippen MR) is 110 cm³/mol. The van der Waals surface area contributed by atoms with Crippen LogP contribution in [0.15, 0.2) is 0 Å². The summed E-state index contributed by atoms with van der Waals surface area (Å²) >= 11 is 0. The lowest BCUT2D eigenvalue weighted by molar-refractivity contribution is -0.204. The molecule has 1 saturated heterocycles. The van der Waals surface area contributed by atoms with Crippen LogP contribution in [0.25, 0.3) is 0 Å². The molecular weight excluding hydrogens is 366 g/mol. The van der Waals surface area contributed by atoms with Crippen LogP contribution in [0.5, 0.6) is 0 Å². The predicted octanol–water partition coefficient (Wildman–Crippen LogP) is 1.96. The first-order valence-electron chi connectivity index (χ1n) is 11.9. The van der Waals surface area contributed by atoms with Gasteiger partial charge in [-0.3, -0.25) is 14.5 Å². The fourth-order valence-corrected chi connectivity index (χ4v) is 7.51. The summed E-state index contributed by atoms with van der Waals surface area (Å²) in [5.74, 6) is 0.846. The highest BCUT2D eigenvalue weighted by molar-refractivity contribution is 5.84. The molecule has 4 atom stereocenters. The largest absolute Gasteiger partial charge is 0.390 e. The molecule has 2 amide bonds. The molecule has 6 aliphatic rings. The molecule has 4 bridgehead atoms. The second kappa shape index (κ2) is 6.94. The van der Waals surface area contributed by atoms with Crippen molar-refractivity contribution in [2.75, 3.05) is 19.6 Å². The lowest BCUT2D eigenvalue weighted by Gasteiger charge is -2.64. The second-order valence-electron chi connectivity index (χ2n) is 11.2. The number of hydrogen-bond acceptors (Lipinski definition) is 4. The molecule has 6 rings (SSSR count). The van der Waals surface area contributed by atoms with Gasteiger partial charge in [-0.2, -0.15) is 0 Å². The van der Waals surface area contributed by atoms with Crippen molar-refractivity contribution in [3.8, 4) is 0 Å². The molecule has 0 spiro atoms. The fourth-order valence-electron chi connectivity index (χ4n) is 7.51. The van der Waals surface area contributed by atoms with Gasteiger partial charge in [0.25, 0.3) is 0 Å². The summed E-state index contributed by atoms with van der Waals surface area (Å²) in [6, 6.07) is 0.617. The Bertz CT molecular complexity index is 687. The van der Waals surface area contributed by atoms with E-state index in [4.69, 9.17) is 0 Å². The number of piperidine rings is 1. The van der Waals surface area contributed by atoms with E-state index in [1.807, 2.05) is 0 Å². The van der Waals surface area contributed by atoms with E-state index in [-0.39, 0.29) is 28.7 Å². The number of likely N-dealkylation sites (tertiary alicyclic amines) is 1. The molecule has 162 valence electrons. The summed E-state index contributed by atoms with van der Waals surface area (Å²) in [6.45, 7) is 4.44. The number of carbonyl (C=O) groups is 2. The first kappa shape index (κ1) is 19.8. The minimum atomic E-state index is -0.620. The van der Waals surface area contributed by atoms with Gasteiger partial charge in [0.15, 0.2) is 0 Å². The average Bonchev–Trinajstić information content (AvgIpc) is 3.45. The maximum atomic E-state index is 13.5. The van der Waals surface area contributed by atoms with Crippen LogP contribution >= 0.6 is 0 Å². The summed E-state index contributed by atoms with van der Waals surface area (Å²) in [5, 5.41) is 17.6. The maximum absolute atomic E-state index is 13.5. The minimum Gasteiger partial charge on any atom is -0.390 e. The number of amides is 2. The first-order chi connectivity index (χ1) is 13.8. The highest BCUT2D eigenvalue weighted by atomic mass is 16.3. The Labute approximate surface area is 174 Å². The van der Waals surface area contributed by atoms with Crippen molar-refractivity contribution in [1.29, 1.82) is 0 Å². The van der Waals surface area contributed by atoms with Crippen LogP contribution in [0.3, 0.4) is 0 Å². The van der Waals surface area contributed by atoms with Crippen molar-refractivity contribution in [2.45, 2.75) is 95.2 Å². The van der Waals surface area contributed by atoms with Crippen molar-refractivity contribution in [3.63, 3.8) is 0 Å². The lowest BCUT2D eigenvalue weighted by atomic mass is 9.42. The van der Waals surface area contributed by atoms with Gasteiger partial charge in [0, 0.05) is 25.2 Å². The van der Waals surface area contributed by atoms with Crippen LogP contribution in [-0.4, -0.2) is 59.1 Å². The molecule has 0 aromatic rings. The number of hydrogen-bond donors (Lipinski definition) is 3. The van der Waals surface area contributed by atoms with Crippen molar-refractivity contribution in [1.82, 2.24) is 15.5 Å². The monoisotopic (exact) mass is 403 g/mol. The zero-order valence-corrected chi connectivity index (χ0v) is 17.8. The molecular formula is C23H37N3O3. The Morgan fingerprint density at radius 1 is 0.966 bits per heavy atom. The van der Waals surface area contributed by atoms with Crippen LogP contribution in [0.4, 0.5) is 0 Å². The van der Waals surface area contributed by atoms with Crippen LogP contribution in [-0.2, 0) is 9.59 Å². The Balaban J connectivity index is 1.17. The standard InChI is InChI=1S/C23H37N3O3/c1-2-21-9-16-10-22(13-21,15-23(29,11-16)14-21)20(28)25-18-5-7-26(8-6-18)12-19(27)24-17-3-4-17/h16-18,29H,2-15H2,1H3,(H,24,27)(H,25,28). The third kappa shape index (κ3) is 3.83.